The molecule has 3 rings (SSSR count). The quantitative estimate of drug-likeness (QED) is 0.393. The Bertz CT molecular complexity index is 674. The Morgan fingerprint density at radius 2 is 2.04 bits per heavy atom. The number of benzene rings is 1. The van der Waals surface area contributed by atoms with Gasteiger partial charge >= 0.3 is 0 Å². The number of ether oxygens (including phenoxy) is 1. The summed E-state index contributed by atoms with van der Waals surface area (Å²) in [7, 11) is 3.54. The Hall–Kier alpha value is -1.35. The number of aryl methyl sites for hydroxylation is 1. The van der Waals surface area contributed by atoms with E-state index >= 15 is 0 Å². The third-order valence-corrected chi connectivity index (χ3v) is 5.42. The number of carbonyl (C=O) groups excluding carboxylic acids is 1. The molecule has 1 atom stereocenters. The van der Waals surface area contributed by atoms with Crippen molar-refractivity contribution in [2.24, 2.45) is 4.99 Å². The van der Waals surface area contributed by atoms with Crippen molar-refractivity contribution in [3.8, 4) is 0 Å². The van der Waals surface area contributed by atoms with Gasteiger partial charge in [-0.3, -0.25) is 4.79 Å². The molecule has 0 spiro atoms. The summed E-state index contributed by atoms with van der Waals surface area (Å²) < 4.78 is 5.47. The molecular weight excluding hydrogens is 467 g/mol. The number of hydrogen-bond donors (Lipinski definition) is 1. The maximum atomic E-state index is 12.0. The van der Waals surface area contributed by atoms with E-state index < -0.39 is 0 Å². The zero-order valence-corrected chi connectivity index (χ0v) is 19.5. The highest BCUT2D eigenvalue weighted by Gasteiger charge is 2.28. The molecule has 0 aromatic heterocycles. The number of halogens is 1. The fourth-order valence-electron chi connectivity index (χ4n) is 3.69. The van der Waals surface area contributed by atoms with Crippen molar-refractivity contribution in [1.29, 1.82) is 0 Å². The smallest absolute Gasteiger partial charge is 0.243 e. The van der Waals surface area contributed by atoms with Crippen molar-refractivity contribution in [3.05, 3.63) is 35.4 Å². The van der Waals surface area contributed by atoms with Crippen molar-refractivity contribution in [1.82, 2.24) is 15.1 Å². The number of aliphatic imine (C=N–C) groups is 1. The van der Waals surface area contributed by atoms with Gasteiger partial charge in [0.15, 0.2) is 5.96 Å². The van der Waals surface area contributed by atoms with Crippen LogP contribution in [0.5, 0.6) is 0 Å². The average Bonchev–Trinajstić information content (AvgIpc) is 3.15. The Labute approximate surface area is 185 Å². The van der Waals surface area contributed by atoms with E-state index in [-0.39, 0.29) is 36.4 Å². The molecule has 7 heteroatoms. The Morgan fingerprint density at radius 3 is 2.71 bits per heavy atom. The standard InChI is InChI=1S/C21H32N4O2.HI/c1-16-5-4-6-17(13-16)18-7-10-25(15-18)21(22-14-20(26)24(2)3)23-19-8-11-27-12-9-19;/h4-6,13,18-19H,7-12,14-15H2,1-3H3,(H,22,23);1H. The molecule has 0 aliphatic carbocycles. The number of nitrogens with one attached hydrogen (secondary N) is 1. The van der Waals surface area contributed by atoms with E-state index in [1.54, 1.807) is 19.0 Å². The van der Waals surface area contributed by atoms with Crippen LogP contribution >= 0.6 is 24.0 Å². The van der Waals surface area contributed by atoms with Gasteiger partial charge in [0.1, 0.15) is 6.54 Å². The summed E-state index contributed by atoms with van der Waals surface area (Å²) in [4.78, 5) is 20.6. The van der Waals surface area contributed by atoms with Crippen LogP contribution in [0.1, 0.15) is 36.3 Å². The third-order valence-electron chi connectivity index (χ3n) is 5.42. The van der Waals surface area contributed by atoms with Crippen molar-refractivity contribution < 1.29 is 9.53 Å². The normalized spacial score (nSPS) is 20.6. The van der Waals surface area contributed by atoms with E-state index in [0.29, 0.717) is 12.0 Å². The predicted molar refractivity (Wildman–Crippen MR) is 123 cm³/mol. The lowest BCUT2D eigenvalue weighted by atomic mass is 9.97. The number of guanidine groups is 1. The molecule has 156 valence electrons. The van der Waals surface area contributed by atoms with Gasteiger partial charge in [-0.15, -0.1) is 24.0 Å². The van der Waals surface area contributed by atoms with Crippen LogP contribution in [0.4, 0.5) is 0 Å². The van der Waals surface area contributed by atoms with E-state index in [4.69, 9.17) is 4.74 Å². The number of rotatable bonds is 4. The van der Waals surface area contributed by atoms with Crippen LogP contribution in [0.3, 0.4) is 0 Å². The molecule has 1 aromatic carbocycles. The van der Waals surface area contributed by atoms with Crippen LogP contribution in [-0.4, -0.2) is 74.7 Å². The summed E-state index contributed by atoms with van der Waals surface area (Å²) in [6.07, 6.45) is 3.07. The molecule has 2 aliphatic rings. The molecule has 1 N–H and O–H groups in total. The largest absolute Gasteiger partial charge is 0.381 e. The molecule has 0 bridgehead atoms. The van der Waals surface area contributed by atoms with Crippen molar-refractivity contribution >= 4 is 35.8 Å². The molecule has 0 saturated carbocycles. The fraction of sp³-hybridized carbons (Fsp3) is 0.619. The first kappa shape index (κ1) is 22.9. The summed E-state index contributed by atoms with van der Waals surface area (Å²) in [6, 6.07) is 9.15. The second-order valence-electron chi connectivity index (χ2n) is 7.80. The van der Waals surface area contributed by atoms with Crippen LogP contribution in [0.2, 0.25) is 0 Å². The predicted octanol–water partition coefficient (Wildman–Crippen LogP) is 2.62. The van der Waals surface area contributed by atoms with Gasteiger partial charge in [-0.05, 0) is 31.7 Å². The van der Waals surface area contributed by atoms with Gasteiger partial charge in [-0.1, -0.05) is 29.8 Å². The van der Waals surface area contributed by atoms with Crippen LogP contribution in [0.25, 0.3) is 0 Å². The molecule has 28 heavy (non-hydrogen) atoms. The van der Waals surface area contributed by atoms with E-state index in [0.717, 1.165) is 51.5 Å². The van der Waals surface area contributed by atoms with Gasteiger partial charge in [0.25, 0.3) is 0 Å². The summed E-state index contributed by atoms with van der Waals surface area (Å²) in [5.74, 6) is 1.40. The minimum atomic E-state index is 0. The summed E-state index contributed by atoms with van der Waals surface area (Å²) >= 11 is 0. The van der Waals surface area contributed by atoms with Crippen molar-refractivity contribution in [2.75, 3.05) is 46.9 Å². The monoisotopic (exact) mass is 500 g/mol. The van der Waals surface area contributed by atoms with Crippen LogP contribution in [0.15, 0.2) is 29.3 Å². The van der Waals surface area contributed by atoms with Gasteiger partial charge in [0, 0.05) is 52.4 Å². The lowest BCUT2D eigenvalue weighted by Crippen LogP contribution is -2.47. The molecule has 2 aliphatic heterocycles. The van der Waals surface area contributed by atoms with Gasteiger partial charge < -0.3 is 19.9 Å². The number of carbonyl (C=O) groups is 1. The highest BCUT2D eigenvalue weighted by Crippen LogP contribution is 2.28. The van der Waals surface area contributed by atoms with E-state index in [2.05, 4.69) is 46.4 Å². The van der Waals surface area contributed by atoms with E-state index in [1.807, 2.05) is 0 Å². The zero-order chi connectivity index (χ0) is 19.2. The van der Waals surface area contributed by atoms with Crippen LogP contribution in [0, 0.1) is 6.92 Å². The highest BCUT2D eigenvalue weighted by molar-refractivity contribution is 14.0. The zero-order valence-electron chi connectivity index (χ0n) is 17.2. The Kier molecular flexibility index (Phi) is 9.01. The number of likely N-dealkylation sites (N-methyl/N-ethyl adjacent to an activating group) is 1. The van der Waals surface area contributed by atoms with Gasteiger partial charge in [0.2, 0.25) is 5.91 Å². The molecular formula is C21H33IN4O2. The summed E-state index contributed by atoms with van der Waals surface area (Å²) in [5, 5.41) is 3.60. The summed E-state index contributed by atoms with van der Waals surface area (Å²) in [6.45, 7) is 5.80. The van der Waals surface area contributed by atoms with E-state index in [1.165, 1.54) is 11.1 Å². The summed E-state index contributed by atoms with van der Waals surface area (Å²) in [5.41, 5.74) is 2.70. The van der Waals surface area contributed by atoms with Crippen molar-refractivity contribution in [2.45, 2.75) is 38.1 Å². The molecule has 1 amide bonds. The topological polar surface area (TPSA) is 57.2 Å². The average molecular weight is 500 g/mol. The maximum absolute atomic E-state index is 12.0. The SMILES string of the molecule is Cc1cccc(C2CCN(C(=NCC(=O)N(C)C)NC3CCOCC3)C2)c1.I. The Balaban J connectivity index is 0.00000280. The molecule has 1 unspecified atom stereocenters. The minimum Gasteiger partial charge on any atom is -0.381 e. The number of hydrogen-bond acceptors (Lipinski definition) is 3. The molecule has 6 nitrogen and oxygen atoms in total. The number of nitrogens with zero attached hydrogens (tertiary/aromatic N) is 3. The van der Waals surface area contributed by atoms with Crippen molar-refractivity contribution in [3.63, 3.8) is 0 Å². The second kappa shape index (κ2) is 11.0. The van der Waals surface area contributed by atoms with Crippen LogP contribution in [-0.2, 0) is 9.53 Å². The third kappa shape index (κ3) is 6.34. The first-order chi connectivity index (χ1) is 13.0. The number of likely N-dealkylation sites (tertiary alicyclic amines) is 1. The molecule has 2 heterocycles. The van der Waals surface area contributed by atoms with Crippen LogP contribution < -0.4 is 5.32 Å². The lowest BCUT2D eigenvalue weighted by molar-refractivity contribution is -0.127. The first-order valence-corrected chi connectivity index (χ1v) is 9.93. The molecule has 2 saturated heterocycles. The molecule has 1 aromatic rings. The van der Waals surface area contributed by atoms with Gasteiger partial charge in [-0.2, -0.15) is 0 Å². The fourth-order valence-corrected chi connectivity index (χ4v) is 3.69. The minimum absolute atomic E-state index is 0. The number of amides is 1. The molecule has 0 radical (unpaired) electrons. The lowest BCUT2D eigenvalue weighted by Gasteiger charge is -2.29. The van der Waals surface area contributed by atoms with Gasteiger partial charge in [-0.25, -0.2) is 4.99 Å². The maximum Gasteiger partial charge on any atom is 0.243 e. The highest BCUT2D eigenvalue weighted by atomic mass is 127. The van der Waals surface area contributed by atoms with E-state index in [9.17, 15) is 4.79 Å². The van der Waals surface area contributed by atoms with Gasteiger partial charge in [0.05, 0.1) is 0 Å². The Morgan fingerprint density at radius 1 is 1.29 bits per heavy atom. The second-order valence-corrected chi connectivity index (χ2v) is 7.80. The molecule has 2 fully saturated rings. The first-order valence-electron chi connectivity index (χ1n) is 9.93.